The van der Waals surface area contributed by atoms with Gasteiger partial charge in [0.15, 0.2) is 0 Å². The summed E-state index contributed by atoms with van der Waals surface area (Å²) in [5, 5.41) is 4.78. The van der Waals surface area contributed by atoms with Crippen LogP contribution in [0.5, 0.6) is 0 Å². The van der Waals surface area contributed by atoms with Crippen LogP contribution in [-0.4, -0.2) is 20.7 Å². The molecule has 3 rings (SSSR count). The highest BCUT2D eigenvalue weighted by Crippen LogP contribution is 2.29. The second-order valence-corrected chi connectivity index (χ2v) is 6.20. The van der Waals surface area contributed by atoms with Gasteiger partial charge in [-0.25, -0.2) is 27.2 Å². The van der Waals surface area contributed by atoms with Crippen molar-refractivity contribution in [2.45, 2.75) is 13.0 Å². The van der Waals surface area contributed by atoms with Crippen molar-refractivity contribution in [3.05, 3.63) is 62.6 Å². The second kappa shape index (κ2) is 7.43. The van der Waals surface area contributed by atoms with E-state index >= 15 is 0 Å². The SMILES string of the molecule is O=C(Cn1nc(C(F)F)c2c(F)c(Br)ccc2c1=O)Nc1ccc(F)cn1. The molecule has 0 fully saturated rings. The third-order valence-corrected chi connectivity index (χ3v) is 4.15. The molecule has 140 valence electrons. The van der Waals surface area contributed by atoms with E-state index in [1.165, 1.54) is 12.1 Å². The number of halogens is 5. The normalized spacial score (nSPS) is 11.2. The predicted molar refractivity (Wildman–Crippen MR) is 91.4 cm³/mol. The van der Waals surface area contributed by atoms with Crippen LogP contribution < -0.4 is 10.9 Å². The Morgan fingerprint density at radius 2 is 1.96 bits per heavy atom. The molecule has 2 aromatic heterocycles. The summed E-state index contributed by atoms with van der Waals surface area (Å²) >= 11 is 2.87. The third-order valence-electron chi connectivity index (χ3n) is 3.54. The number of nitrogens with zero attached hydrogens (tertiary/aromatic N) is 3. The molecular formula is C16H9BrF4N4O2. The number of aromatic nitrogens is 3. The van der Waals surface area contributed by atoms with Gasteiger partial charge in [-0.3, -0.25) is 9.59 Å². The zero-order valence-electron chi connectivity index (χ0n) is 13.2. The Labute approximate surface area is 157 Å². The van der Waals surface area contributed by atoms with Crippen molar-refractivity contribution in [2.24, 2.45) is 0 Å². The maximum absolute atomic E-state index is 14.2. The van der Waals surface area contributed by atoms with Crippen LogP contribution in [-0.2, 0) is 11.3 Å². The van der Waals surface area contributed by atoms with Gasteiger partial charge in [-0.15, -0.1) is 0 Å². The first-order valence-electron chi connectivity index (χ1n) is 7.36. The van der Waals surface area contributed by atoms with Gasteiger partial charge < -0.3 is 5.32 Å². The topological polar surface area (TPSA) is 76.9 Å². The standard InChI is InChI=1S/C16H9BrF4N4O2/c17-9-3-2-8-12(13(9)19)14(15(20)21)24-25(16(8)27)6-11(26)23-10-4-1-7(18)5-22-10/h1-5,15H,6H2,(H,22,23,26). The van der Waals surface area contributed by atoms with Gasteiger partial charge in [-0.1, -0.05) is 0 Å². The minimum absolute atomic E-state index is 0.000652. The number of benzene rings is 1. The number of anilines is 1. The molecule has 1 aromatic carbocycles. The highest BCUT2D eigenvalue weighted by molar-refractivity contribution is 9.10. The van der Waals surface area contributed by atoms with E-state index in [0.717, 1.165) is 18.3 Å². The van der Waals surface area contributed by atoms with Crippen LogP contribution in [0.1, 0.15) is 12.1 Å². The van der Waals surface area contributed by atoms with Crippen LogP contribution in [0.2, 0.25) is 0 Å². The summed E-state index contributed by atoms with van der Waals surface area (Å²) in [5.74, 6) is -2.46. The van der Waals surface area contributed by atoms with Crippen molar-refractivity contribution in [1.29, 1.82) is 0 Å². The first kappa shape index (κ1) is 19.0. The molecule has 6 nitrogen and oxygen atoms in total. The van der Waals surface area contributed by atoms with Crippen molar-refractivity contribution >= 4 is 38.4 Å². The van der Waals surface area contributed by atoms with Crippen LogP contribution in [0.15, 0.2) is 39.7 Å². The molecule has 0 bridgehead atoms. The molecule has 0 aliphatic rings. The molecule has 0 unspecified atom stereocenters. The fourth-order valence-electron chi connectivity index (χ4n) is 2.37. The summed E-state index contributed by atoms with van der Waals surface area (Å²) in [6.45, 7) is -0.717. The maximum atomic E-state index is 14.2. The summed E-state index contributed by atoms with van der Waals surface area (Å²) in [7, 11) is 0. The summed E-state index contributed by atoms with van der Waals surface area (Å²) in [5.41, 5.74) is -1.88. The van der Waals surface area contributed by atoms with Crippen molar-refractivity contribution in [1.82, 2.24) is 14.8 Å². The third kappa shape index (κ3) is 3.82. The number of carbonyl (C=O) groups excluding carboxylic acids is 1. The lowest BCUT2D eigenvalue weighted by molar-refractivity contribution is -0.117. The zero-order valence-corrected chi connectivity index (χ0v) is 14.8. The van der Waals surface area contributed by atoms with Gasteiger partial charge in [0.05, 0.1) is 21.4 Å². The lowest BCUT2D eigenvalue weighted by Gasteiger charge is -2.12. The Kier molecular flexibility index (Phi) is 5.22. The van der Waals surface area contributed by atoms with Gasteiger partial charge in [0.25, 0.3) is 12.0 Å². The van der Waals surface area contributed by atoms with Gasteiger partial charge in [0.1, 0.15) is 29.7 Å². The molecule has 0 aliphatic heterocycles. The number of alkyl halides is 2. The van der Waals surface area contributed by atoms with Crippen LogP contribution in [0, 0.1) is 11.6 Å². The molecule has 2 heterocycles. The molecular weight excluding hydrogens is 436 g/mol. The molecule has 0 saturated heterocycles. The fourth-order valence-corrected chi connectivity index (χ4v) is 2.70. The number of hydrogen-bond acceptors (Lipinski definition) is 4. The Morgan fingerprint density at radius 3 is 2.59 bits per heavy atom. The van der Waals surface area contributed by atoms with Crippen LogP contribution >= 0.6 is 15.9 Å². The van der Waals surface area contributed by atoms with Gasteiger partial charge in [0, 0.05) is 0 Å². The molecule has 0 atom stereocenters. The van der Waals surface area contributed by atoms with Gasteiger partial charge in [0.2, 0.25) is 5.91 Å². The number of hydrogen-bond donors (Lipinski definition) is 1. The molecule has 0 radical (unpaired) electrons. The smallest absolute Gasteiger partial charge is 0.282 e. The number of pyridine rings is 1. The van der Waals surface area contributed by atoms with E-state index in [4.69, 9.17) is 0 Å². The lowest BCUT2D eigenvalue weighted by Crippen LogP contribution is -2.31. The molecule has 0 saturated carbocycles. The molecule has 1 amide bonds. The van der Waals surface area contributed by atoms with Gasteiger partial charge >= 0.3 is 0 Å². The van der Waals surface area contributed by atoms with Crippen LogP contribution in [0.25, 0.3) is 10.8 Å². The van der Waals surface area contributed by atoms with E-state index in [1.807, 2.05) is 0 Å². The Morgan fingerprint density at radius 1 is 1.22 bits per heavy atom. The van der Waals surface area contributed by atoms with Crippen molar-refractivity contribution in [3.8, 4) is 0 Å². The monoisotopic (exact) mass is 444 g/mol. The molecule has 3 aromatic rings. The van der Waals surface area contributed by atoms with E-state index in [0.29, 0.717) is 4.68 Å². The Balaban J connectivity index is 2.00. The number of nitrogens with one attached hydrogen (secondary N) is 1. The number of carbonyl (C=O) groups is 1. The second-order valence-electron chi connectivity index (χ2n) is 5.34. The minimum Gasteiger partial charge on any atom is -0.309 e. The molecule has 1 N–H and O–H groups in total. The molecule has 0 aliphatic carbocycles. The van der Waals surface area contributed by atoms with Crippen molar-refractivity contribution in [2.75, 3.05) is 5.32 Å². The number of rotatable bonds is 4. The summed E-state index contributed by atoms with van der Waals surface area (Å²) < 4.78 is 54.1. The van der Waals surface area contributed by atoms with Crippen molar-refractivity contribution in [3.63, 3.8) is 0 Å². The first-order chi connectivity index (χ1) is 12.8. The van der Waals surface area contributed by atoms with E-state index in [9.17, 15) is 27.2 Å². The number of amides is 1. The van der Waals surface area contributed by atoms with E-state index < -0.39 is 47.2 Å². The summed E-state index contributed by atoms with van der Waals surface area (Å²) in [6.07, 6.45) is -2.31. The summed E-state index contributed by atoms with van der Waals surface area (Å²) in [4.78, 5) is 28.1. The van der Waals surface area contributed by atoms with Crippen LogP contribution in [0.4, 0.5) is 23.4 Å². The van der Waals surface area contributed by atoms with Gasteiger partial charge in [-0.2, -0.15) is 5.10 Å². The first-order valence-corrected chi connectivity index (χ1v) is 8.15. The van der Waals surface area contributed by atoms with E-state index in [-0.39, 0.29) is 15.7 Å². The van der Waals surface area contributed by atoms with E-state index in [1.54, 1.807) is 0 Å². The Bertz CT molecular complexity index is 1090. The quantitative estimate of drug-likeness (QED) is 0.625. The zero-order chi connectivity index (χ0) is 19.7. The largest absolute Gasteiger partial charge is 0.309 e. The molecule has 27 heavy (non-hydrogen) atoms. The fraction of sp³-hybridized carbons (Fsp3) is 0.125. The Hall–Kier alpha value is -2.82. The molecule has 11 heteroatoms. The number of fused-ring (bicyclic) bond motifs is 1. The summed E-state index contributed by atoms with van der Waals surface area (Å²) in [6, 6.07) is 4.59. The van der Waals surface area contributed by atoms with E-state index in [2.05, 4.69) is 31.3 Å². The predicted octanol–water partition coefficient (Wildman–Crippen LogP) is 3.41. The minimum atomic E-state index is -3.18. The average Bonchev–Trinajstić information content (AvgIpc) is 2.62. The van der Waals surface area contributed by atoms with Gasteiger partial charge in [-0.05, 0) is 40.2 Å². The molecule has 0 spiro atoms. The highest BCUT2D eigenvalue weighted by Gasteiger charge is 2.23. The maximum Gasteiger partial charge on any atom is 0.282 e. The lowest BCUT2D eigenvalue weighted by atomic mass is 10.1. The highest BCUT2D eigenvalue weighted by atomic mass is 79.9. The van der Waals surface area contributed by atoms with Crippen LogP contribution in [0.3, 0.4) is 0 Å². The average molecular weight is 445 g/mol. The van der Waals surface area contributed by atoms with Crippen molar-refractivity contribution < 1.29 is 22.4 Å².